The molecular formula is C9H17NO. The van der Waals surface area contributed by atoms with Crippen LogP contribution in [-0.2, 0) is 4.74 Å². The van der Waals surface area contributed by atoms with Crippen LogP contribution < -0.4 is 0 Å². The summed E-state index contributed by atoms with van der Waals surface area (Å²) >= 11 is 0. The summed E-state index contributed by atoms with van der Waals surface area (Å²) in [7, 11) is 0. The topological polar surface area (TPSA) is 12.5 Å². The van der Waals surface area contributed by atoms with Gasteiger partial charge in [-0.3, -0.25) is 0 Å². The van der Waals surface area contributed by atoms with Crippen LogP contribution >= 0.6 is 0 Å². The molecule has 2 aliphatic rings. The van der Waals surface area contributed by atoms with Gasteiger partial charge in [-0.15, -0.1) is 0 Å². The van der Waals surface area contributed by atoms with Gasteiger partial charge in [-0.2, -0.15) is 0 Å². The molecule has 2 aliphatic heterocycles. The molecule has 2 fully saturated rings. The van der Waals surface area contributed by atoms with Crippen molar-refractivity contribution in [2.45, 2.75) is 26.3 Å². The Balaban J connectivity index is 1.99. The van der Waals surface area contributed by atoms with Gasteiger partial charge in [0.05, 0.1) is 13.2 Å². The molecule has 2 heterocycles. The van der Waals surface area contributed by atoms with Gasteiger partial charge in [-0.25, -0.2) is 0 Å². The Bertz CT molecular complexity index is 154. The fourth-order valence-electron chi connectivity index (χ4n) is 2.43. The summed E-state index contributed by atoms with van der Waals surface area (Å²) in [6, 6.07) is 0.781. The first-order valence-electron chi connectivity index (χ1n) is 4.57. The van der Waals surface area contributed by atoms with Crippen molar-refractivity contribution in [2.75, 3.05) is 26.3 Å². The number of likely N-dealkylation sites (tertiary alicyclic amines) is 1. The minimum Gasteiger partial charge on any atom is -0.380 e. The molecule has 11 heavy (non-hydrogen) atoms. The predicted molar refractivity (Wildman–Crippen MR) is 44.6 cm³/mol. The first-order chi connectivity index (χ1) is 5.26. The summed E-state index contributed by atoms with van der Waals surface area (Å²) in [6.07, 6.45) is 1.35. The van der Waals surface area contributed by atoms with Crippen molar-refractivity contribution in [3.63, 3.8) is 0 Å². The maximum Gasteiger partial charge on any atom is 0.0557 e. The van der Waals surface area contributed by atoms with Crippen LogP contribution in [0.15, 0.2) is 0 Å². The lowest BCUT2D eigenvalue weighted by molar-refractivity contribution is -0.105. The van der Waals surface area contributed by atoms with Gasteiger partial charge >= 0.3 is 0 Å². The van der Waals surface area contributed by atoms with Gasteiger partial charge in [-0.1, -0.05) is 6.92 Å². The summed E-state index contributed by atoms with van der Waals surface area (Å²) in [5.41, 5.74) is 0.565. The van der Waals surface area contributed by atoms with Gasteiger partial charge < -0.3 is 9.64 Å². The lowest BCUT2D eigenvalue weighted by Crippen LogP contribution is -2.44. The van der Waals surface area contributed by atoms with Crippen LogP contribution in [0.25, 0.3) is 0 Å². The van der Waals surface area contributed by atoms with Crippen LogP contribution in [0.2, 0.25) is 0 Å². The largest absolute Gasteiger partial charge is 0.380 e. The summed E-state index contributed by atoms with van der Waals surface area (Å²) in [6.45, 7) is 9.06. The summed E-state index contributed by atoms with van der Waals surface area (Å²) in [4.78, 5) is 2.56. The Labute approximate surface area is 68.5 Å². The van der Waals surface area contributed by atoms with E-state index in [2.05, 4.69) is 18.7 Å². The molecule has 0 saturated carbocycles. The smallest absolute Gasteiger partial charge is 0.0557 e. The van der Waals surface area contributed by atoms with Crippen LogP contribution in [-0.4, -0.2) is 37.2 Å². The molecule has 0 radical (unpaired) electrons. The van der Waals surface area contributed by atoms with Gasteiger partial charge in [0.1, 0.15) is 0 Å². The third kappa shape index (κ3) is 1.09. The van der Waals surface area contributed by atoms with Gasteiger partial charge in [-0.05, 0) is 19.9 Å². The zero-order valence-electron chi connectivity index (χ0n) is 7.47. The molecule has 64 valence electrons. The zero-order chi connectivity index (χ0) is 7.90. The van der Waals surface area contributed by atoms with Crippen LogP contribution in [0.4, 0.5) is 0 Å². The Morgan fingerprint density at radius 3 is 2.55 bits per heavy atom. The highest BCUT2D eigenvalue weighted by Gasteiger charge is 2.46. The lowest BCUT2D eigenvalue weighted by Gasteiger charge is -2.37. The molecule has 2 nitrogen and oxygen atoms in total. The number of hydrogen-bond donors (Lipinski definition) is 0. The van der Waals surface area contributed by atoms with E-state index in [-0.39, 0.29) is 0 Å². The molecule has 0 amide bonds. The van der Waals surface area contributed by atoms with E-state index in [9.17, 15) is 0 Å². The quantitative estimate of drug-likeness (QED) is 0.562. The molecule has 0 bridgehead atoms. The third-order valence-electron chi connectivity index (χ3n) is 3.11. The highest BCUT2D eigenvalue weighted by Crippen LogP contribution is 2.40. The number of rotatable bonds is 1. The Hall–Kier alpha value is -0.0800. The fraction of sp³-hybridized carbons (Fsp3) is 1.00. The first kappa shape index (κ1) is 7.56. The minimum atomic E-state index is 0.565. The van der Waals surface area contributed by atoms with E-state index in [0.717, 1.165) is 19.3 Å². The molecule has 0 aromatic rings. The third-order valence-corrected chi connectivity index (χ3v) is 3.11. The summed E-state index contributed by atoms with van der Waals surface area (Å²) in [5, 5.41) is 0. The molecule has 1 spiro atoms. The molecule has 0 aliphatic carbocycles. The van der Waals surface area contributed by atoms with Crippen molar-refractivity contribution in [1.82, 2.24) is 4.90 Å². The van der Waals surface area contributed by atoms with Crippen LogP contribution in [0.1, 0.15) is 20.3 Å². The van der Waals surface area contributed by atoms with Gasteiger partial charge in [0.15, 0.2) is 0 Å². The Kier molecular flexibility index (Phi) is 1.69. The monoisotopic (exact) mass is 155 g/mol. The normalized spacial score (nSPS) is 36.0. The molecule has 0 unspecified atom stereocenters. The molecule has 2 heteroatoms. The van der Waals surface area contributed by atoms with E-state index in [1.165, 1.54) is 19.5 Å². The maximum absolute atomic E-state index is 5.27. The highest BCUT2D eigenvalue weighted by atomic mass is 16.5. The van der Waals surface area contributed by atoms with E-state index >= 15 is 0 Å². The van der Waals surface area contributed by atoms with Crippen molar-refractivity contribution in [3.05, 3.63) is 0 Å². The average molecular weight is 155 g/mol. The second-order valence-corrected chi connectivity index (χ2v) is 4.11. The van der Waals surface area contributed by atoms with E-state index in [0.29, 0.717) is 5.41 Å². The standard InChI is InChI=1S/C9H17NO/c1-3-10-5-9(4-8(10)2)6-11-7-9/h8H,3-7H2,1-2H3/t8-/m1/s1. The van der Waals surface area contributed by atoms with Gasteiger partial charge in [0, 0.05) is 18.0 Å². The van der Waals surface area contributed by atoms with Crippen molar-refractivity contribution >= 4 is 0 Å². The lowest BCUT2D eigenvalue weighted by atomic mass is 9.84. The second kappa shape index (κ2) is 2.46. The Morgan fingerprint density at radius 2 is 2.27 bits per heavy atom. The van der Waals surface area contributed by atoms with Gasteiger partial charge in [0.25, 0.3) is 0 Å². The van der Waals surface area contributed by atoms with Crippen LogP contribution in [0, 0.1) is 5.41 Å². The highest BCUT2D eigenvalue weighted by molar-refractivity contribution is 4.97. The second-order valence-electron chi connectivity index (χ2n) is 4.11. The number of hydrogen-bond acceptors (Lipinski definition) is 2. The fourth-order valence-corrected chi connectivity index (χ4v) is 2.43. The molecule has 0 aromatic carbocycles. The predicted octanol–water partition coefficient (Wildman–Crippen LogP) is 1.12. The molecule has 2 rings (SSSR count). The number of ether oxygens (including phenoxy) is 1. The molecule has 2 saturated heterocycles. The zero-order valence-corrected chi connectivity index (χ0v) is 7.47. The molecule has 0 aromatic heterocycles. The maximum atomic E-state index is 5.27. The average Bonchev–Trinajstić information content (AvgIpc) is 2.26. The van der Waals surface area contributed by atoms with Crippen molar-refractivity contribution in [1.29, 1.82) is 0 Å². The Morgan fingerprint density at radius 1 is 1.55 bits per heavy atom. The number of nitrogens with zero attached hydrogens (tertiary/aromatic N) is 1. The van der Waals surface area contributed by atoms with Crippen molar-refractivity contribution in [3.8, 4) is 0 Å². The van der Waals surface area contributed by atoms with E-state index in [1.807, 2.05) is 0 Å². The molecule has 1 atom stereocenters. The van der Waals surface area contributed by atoms with E-state index in [4.69, 9.17) is 4.74 Å². The molecular weight excluding hydrogens is 138 g/mol. The van der Waals surface area contributed by atoms with Gasteiger partial charge in [0.2, 0.25) is 0 Å². The van der Waals surface area contributed by atoms with Crippen molar-refractivity contribution < 1.29 is 4.74 Å². The van der Waals surface area contributed by atoms with Crippen molar-refractivity contribution in [2.24, 2.45) is 5.41 Å². The SMILES string of the molecule is CCN1CC2(COC2)C[C@H]1C. The summed E-state index contributed by atoms with van der Waals surface area (Å²) in [5.74, 6) is 0. The van der Waals surface area contributed by atoms with Crippen LogP contribution in [0.5, 0.6) is 0 Å². The van der Waals surface area contributed by atoms with E-state index in [1.54, 1.807) is 0 Å². The first-order valence-corrected chi connectivity index (χ1v) is 4.57. The molecule has 0 N–H and O–H groups in total. The summed E-state index contributed by atoms with van der Waals surface area (Å²) < 4.78 is 5.27. The van der Waals surface area contributed by atoms with Crippen LogP contribution in [0.3, 0.4) is 0 Å². The minimum absolute atomic E-state index is 0.565. The van der Waals surface area contributed by atoms with E-state index < -0.39 is 0 Å².